The van der Waals surface area contributed by atoms with Crippen molar-refractivity contribution in [3.8, 4) is 0 Å². The summed E-state index contributed by atoms with van der Waals surface area (Å²) in [5.74, 6) is 0.504. The summed E-state index contributed by atoms with van der Waals surface area (Å²) >= 11 is 5.75. The molecule has 0 aliphatic rings. The molecular formula is C14H20ClNO. The predicted octanol–water partition coefficient (Wildman–Crippen LogP) is 3.14. The molecule has 1 rings (SSSR count). The van der Waals surface area contributed by atoms with Crippen molar-refractivity contribution in [1.29, 1.82) is 0 Å². The Hall–Kier alpha value is -1.02. The van der Waals surface area contributed by atoms with Crippen molar-refractivity contribution >= 4 is 17.5 Å². The topological polar surface area (TPSA) is 29.1 Å². The summed E-state index contributed by atoms with van der Waals surface area (Å²) in [6.07, 6.45) is 2.36. The highest BCUT2D eigenvalue weighted by atomic mass is 35.5. The first-order chi connectivity index (χ1) is 8.03. The van der Waals surface area contributed by atoms with Crippen LogP contribution in [0.25, 0.3) is 0 Å². The van der Waals surface area contributed by atoms with Gasteiger partial charge in [0.05, 0.1) is 0 Å². The predicted molar refractivity (Wildman–Crippen MR) is 72.3 cm³/mol. The number of aryl methyl sites for hydroxylation is 1. The van der Waals surface area contributed by atoms with Crippen LogP contribution in [0.1, 0.15) is 32.3 Å². The normalized spacial score (nSPS) is 11.2. The number of halogens is 1. The van der Waals surface area contributed by atoms with Crippen molar-refractivity contribution in [2.24, 2.45) is 0 Å². The molecule has 0 saturated heterocycles. The van der Waals surface area contributed by atoms with E-state index in [1.807, 2.05) is 32.0 Å². The van der Waals surface area contributed by atoms with Crippen LogP contribution in [0.4, 0.5) is 0 Å². The largest absolute Gasteiger partial charge is 0.350 e. The molecule has 0 radical (unpaired) electrons. The first-order valence-electron chi connectivity index (χ1n) is 5.94. The zero-order chi connectivity index (χ0) is 12.7. The lowest BCUT2D eigenvalue weighted by Crippen LogP contribution is -2.44. The van der Waals surface area contributed by atoms with Gasteiger partial charge in [-0.2, -0.15) is 0 Å². The van der Waals surface area contributed by atoms with E-state index < -0.39 is 0 Å². The van der Waals surface area contributed by atoms with Crippen molar-refractivity contribution in [3.05, 3.63) is 35.9 Å². The van der Waals surface area contributed by atoms with Crippen LogP contribution in [-0.4, -0.2) is 17.3 Å². The van der Waals surface area contributed by atoms with Crippen LogP contribution in [0.2, 0.25) is 0 Å². The fraction of sp³-hybridized carbons (Fsp3) is 0.500. The zero-order valence-corrected chi connectivity index (χ0v) is 11.3. The number of carbonyl (C=O) groups excluding carboxylic acids is 1. The van der Waals surface area contributed by atoms with Crippen LogP contribution >= 0.6 is 11.6 Å². The van der Waals surface area contributed by atoms with Crippen LogP contribution in [0.3, 0.4) is 0 Å². The molecule has 2 nitrogen and oxygen atoms in total. The molecular weight excluding hydrogens is 234 g/mol. The van der Waals surface area contributed by atoms with Crippen LogP contribution < -0.4 is 5.32 Å². The number of hydrogen-bond donors (Lipinski definition) is 1. The molecule has 0 heterocycles. The smallest absolute Gasteiger partial charge is 0.220 e. The van der Waals surface area contributed by atoms with Gasteiger partial charge in [-0.25, -0.2) is 0 Å². The van der Waals surface area contributed by atoms with Crippen molar-refractivity contribution < 1.29 is 4.79 Å². The Balaban J connectivity index is 2.25. The van der Waals surface area contributed by atoms with Crippen molar-refractivity contribution in [2.45, 2.75) is 38.6 Å². The van der Waals surface area contributed by atoms with Gasteiger partial charge < -0.3 is 5.32 Å². The standard InChI is InChI=1S/C14H20ClNO/c1-14(2,11-15)16-13(17)10-6-9-12-7-4-3-5-8-12/h3-5,7-8H,6,9-11H2,1-2H3,(H,16,17). The zero-order valence-electron chi connectivity index (χ0n) is 10.5. The monoisotopic (exact) mass is 253 g/mol. The van der Waals surface area contributed by atoms with Gasteiger partial charge in [0.15, 0.2) is 0 Å². The Morgan fingerprint density at radius 1 is 1.29 bits per heavy atom. The Kier molecular flexibility index (Phi) is 5.49. The summed E-state index contributed by atoms with van der Waals surface area (Å²) in [7, 11) is 0. The molecule has 1 aromatic rings. The quantitative estimate of drug-likeness (QED) is 0.776. The van der Waals surface area contributed by atoms with E-state index in [9.17, 15) is 4.79 Å². The molecule has 0 atom stereocenters. The van der Waals surface area contributed by atoms with E-state index in [4.69, 9.17) is 11.6 Å². The maximum absolute atomic E-state index is 11.6. The molecule has 0 saturated carbocycles. The van der Waals surface area contributed by atoms with Crippen LogP contribution in [0, 0.1) is 0 Å². The van der Waals surface area contributed by atoms with E-state index in [1.54, 1.807) is 0 Å². The summed E-state index contributed by atoms with van der Waals surface area (Å²) in [6.45, 7) is 3.85. The van der Waals surface area contributed by atoms with Gasteiger partial charge >= 0.3 is 0 Å². The number of benzene rings is 1. The minimum atomic E-state index is -0.314. The van der Waals surface area contributed by atoms with E-state index >= 15 is 0 Å². The lowest BCUT2D eigenvalue weighted by Gasteiger charge is -2.23. The number of alkyl halides is 1. The molecule has 0 aliphatic carbocycles. The number of hydrogen-bond acceptors (Lipinski definition) is 1. The molecule has 1 amide bonds. The average molecular weight is 254 g/mol. The number of carbonyl (C=O) groups is 1. The lowest BCUT2D eigenvalue weighted by atomic mass is 10.1. The second kappa shape index (κ2) is 6.65. The van der Waals surface area contributed by atoms with Gasteiger partial charge in [0, 0.05) is 17.8 Å². The maximum atomic E-state index is 11.6. The van der Waals surface area contributed by atoms with Crippen molar-refractivity contribution in [3.63, 3.8) is 0 Å². The third kappa shape index (κ3) is 5.73. The number of amides is 1. The highest BCUT2D eigenvalue weighted by molar-refractivity contribution is 6.18. The summed E-state index contributed by atoms with van der Waals surface area (Å²) in [5.41, 5.74) is 0.961. The van der Waals surface area contributed by atoms with Crippen molar-refractivity contribution in [2.75, 3.05) is 5.88 Å². The third-order valence-electron chi connectivity index (χ3n) is 2.52. The van der Waals surface area contributed by atoms with Gasteiger partial charge in [-0.3, -0.25) is 4.79 Å². The summed E-state index contributed by atoms with van der Waals surface area (Å²) in [5, 5.41) is 2.92. The molecule has 0 spiro atoms. The summed E-state index contributed by atoms with van der Waals surface area (Å²) < 4.78 is 0. The second-order valence-electron chi connectivity index (χ2n) is 4.90. The average Bonchev–Trinajstić information content (AvgIpc) is 2.30. The van der Waals surface area contributed by atoms with Crippen LogP contribution in [-0.2, 0) is 11.2 Å². The summed E-state index contributed by atoms with van der Waals surface area (Å²) in [4.78, 5) is 11.6. The van der Waals surface area contributed by atoms with Crippen LogP contribution in [0.15, 0.2) is 30.3 Å². The molecule has 0 unspecified atom stereocenters. The molecule has 94 valence electrons. The first kappa shape index (κ1) is 14.0. The third-order valence-corrected chi connectivity index (χ3v) is 3.19. The first-order valence-corrected chi connectivity index (χ1v) is 6.48. The van der Waals surface area contributed by atoms with Gasteiger partial charge in [-0.15, -0.1) is 11.6 Å². The maximum Gasteiger partial charge on any atom is 0.220 e. The van der Waals surface area contributed by atoms with E-state index in [0.29, 0.717) is 12.3 Å². The highest BCUT2D eigenvalue weighted by Gasteiger charge is 2.18. The van der Waals surface area contributed by atoms with Crippen molar-refractivity contribution in [1.82, 2.24) is 5.32 Å². The number of nitrogens with one attached hydrogen (secondary N) is 1. The van der Waals surface area contributed by atoms with Crippen LogP contribution in [0.5, 0.6) is 0 Å². The van der Waals surface area contributed by atoms with E-state index in [2.05, 4.69) is 17.4 Å². The Morgan fingerprint density at radius 3 is 2.53 bits per heavy atom. The van der Waals surface area contributed by atoms with E-state index in [1.165, 1.54) is 5.56 Å². The number of rotatable bonds is 6. The van der Waals surface area contributed by atoms with E-state index in [0.717, 1.165) is 12.8 Å². The molecule has 1 aromatic carbocycles. The van der Waals surface area contributed by atoms with Gasteiger partial charge in [-0.1, -0.05) is 30.3 Å². The van der Waals surface area contributed by atoms with Gasteiger partial charge in [0.1, 0.15) is 0 Å². The molecule has 0 aromatic heterocycles. The molecule has 0 aliphatic heterocycles. The highest BCUT2D eigenvalue weighted by Crippen LogP contribution is 2.07. The fourth-order valence-electron chi connectivity index (χ4n) is 1.57. The van der Waals surface area contributed by atoms with E-state index in [-0.39, 0.29) is 11.4 Å². The van der Waals surface area contributed by atoms with Gasteiger partial charge in [0.2, 0.25) is 5.91 Å². The fourth-order valence-corrected chi connectivity index (χ4v) is 1.64. The van der Waals surface area contributed by atoms with Gasteiger partial charge in [-0.05, 0) is 32.3 Å². The Morgan fingerprint density at radius 2 is 1.94 bits per heavy atom. The molecule has 1 N–H and O–H groups in total. The molecule has 3 heteroatoms. The molecule has 17 heavy (non-hydrogen) atoms. The second-order valence-corrected chi connectivity index (χ2v) is 5.17. The minimum Gasteiger partial charge on any atom is -0.350 e. The van der Waals surface area contributed by atoms with Gasteiger partial charge in [0.25, 0.3) is 0 Å². The Labute approximate surface area is 108 Å². The lowest BCUT2D eigenvalue weighted by molar-refractivity contribution is -0.122. The minimum absolute atomic E-state index is 0.0755. The Bertz CT molecular complexity index is 348. The molecule has 0 fully saturated rings. The molecule has 0 bridgehead atoms. The SMILES string of the molecule is CC(C)(CCl)NC(=O)CCCc1ccccc1. The summed E-state index contributed by atoms with van der Waals surface area (Å²) in [6, 6.07) is 10.2.